The number of esters is 1. The van der Waals surface area contributed by atoms with Crippen molar-refractivity contribution >= 4 is 17.8 Å². The zero-order valence-electron chi connectivity index (χ0n) is 15.8. The lowest BCUT2D eigenvalue weighted by atomic mass is 9.86. The quantitative estimate of drug-likeness (QED) is 0.567. The van der Waals surface area contributed by atoms with Gasteiger partial charge in [-0.3, -0.25) is 4.79 Å². The van der Waals surface area contributed by atoms with E-state index >= 15 is 0 Å². The van der Waals surface area contributed by atoms with Crippen LogP contribution >= 0.6 is 0 Å². The number of benzene rings is 2. The first-order valence-electron chi connectivity index (χ1n) is 9.17. The first kappa shape index (κ1) is 20.3. The molecule has 0 saturated carbocycles. The van der Waals surface area contributed by atoms with Crippen LogP contribution in [0.5, 0.6) is 5.75 Å². The van der Waals surface area contributed by atoms with Crippen LogP contribution in [-0.4, -0.2) is 24.5 Å². The number of nitrogens with one attached hydrogen (secondary N) is 1. The molecule has 0 aliphatic carbocycles. The van der Waals surface area contributed by atoms with Crippen molar-refractivity contribution in [1.29, 1.82) is 0 Å². The lowest BCUT2D eigenvalue weighted by Gasteiger charge is -2.29. The highest BCUT2D eigenvalue weighted by atomic mass is 19.1. The van der Waals surface area contributed by atoms with Crippen molar-refractivity contribution in [1.82, 2.24) is 5.48 Å². The van der Waals surface area contributed by atoms with E-state index in [4.69, 9.17) is 9.47 Å². The SMILES string of the molecule is CCCOc1ccc(C2(CCc3ccc(F)cc3)OC(=O)C(=O)ONC2=O)cc1. The van der Waals surface area contributed by atoms with Crippen molar-refractivity contribution in [3.8, 4) is 5.75 Å². The van der Waals surface area contributed by atoms with Crippen LogP contribution in [0.2, 0.25) is 0 Å². The summed E-state index contributed by atoms with van der Waals surface area (Å²) >= 11 is 0. The smallest absolute Gasteiger partial charge is 0.441 e. The number of hydrogen-bond acceptors (Lipinski definition) is 6. The highest BCUT2D eigenvalue weighted by Gasteiger charge is 2.48. The Kier molecular flexibility index (Phi) is 6.11. The standard InChI is InChI=1S/C21H20FNO6/c1-2-13-27-17-9-5-15(6-10-17)21(12-11-14-3-7-16(22)8-4-14)20(26)23-29-19(25)18(24)28-21/h3-10H,2,11-13H2,1H3,(H,23,26). The predicted molar refractivity (Wildman–Crippen MR) is 99.0 cm³/mol. The first-order chi connectivity index (χ1) is 13.9. The molecule has 3 rings (SSSR count). The van der Waals surface area contributed by atoms with Crippen LogP contribution < -0.4 is 10.2 Å². The van der Waals surface area contributed by atoms with Gasteiger partial charge in [0.15, 0.2) is 0 Å². The Morgan fingerprint density at radius 1 is 1.00 bits per heavy atom. The summed E-state index contributed by atoms with van der Waals surface area (Å²) < 4.78 is 24.0. The Morgan fingerprint density at radius 2 is 1.69 bits per heavy atom. The van der Waals surface area contributed by atoms with Crippen molar-refractivity contribution < 1.29 is 33.1 Å². The van der Waals surface area contributed by atoms with Crippen LogP contribution in [0, 0.1) is 5.82 Å². The Hall–Kier alpha value is -3.42. The number of cyclic esters (lactones) is 1. The van der Waals surface area contributed by atoms with E-state index in [1.165, 1.54) is 12.1 Å². The monoisotopic (exact) mass is 401 g/mol. The molecule has 1 aliphatic rings. The third-order valence-corrected chi connectivity index (χ3v) is 4.51. The third kappa shape index (κ3) is 4.53. The van der Waals surface area contributed by atoms with Crippen LogP contribution in [0.3, 0.4) is 0 Å². The van der Waals surface area contributed by atoms with E-state index in [-0.39, 0.29) is 18.7 Å². The molecule has 1 heterocycles. The number of rotatable bonds is 7. The van der Waals surface area contributed by atoms with Gasteiger partial charge in [-0.2, -0.15) is 5.48 Å². The highest BCUT2D eigenvalue weighted by molar-refractivity contribution is 6.30. The summed E-state index contributed by atoms with van der Waals surface area (Å²) in [5, 5.41) is 0. The number of hydroxylamine groups is 1. The number of carbonyl (C=O) groups is 3. The van der Waals surface area contributed by atoms with Crippen LogP contribution in [0.25, 0.3) is 0 Å². The van der Waals surface area contributed by atoms with E-state index in [9.17, 15) is 18.8 Å². The van der Waals surface area contributed by atoms with Gasteiger partial charge in [0.05, 0.1) is 6.61 Å². The molecule has 0 spiro atoms. The van der Waals surface area contributed by atoms with Crippen LogP contribution in [-0.2, 0) is 36.0 Å². The van der Waals surface area contributed by atoms with Crippen LogP contribution in [0.1, 0.15) is 30.9 Å². The zero-order valence-corrected chi connectivity index (χ0v) is 15.8. The fourth-order valence-electron chi connectivity index (χ4n) is 2.97. The van der Waals surface area contributed by atoms with E-state index in [1.54, 1.807) is 36.4 Å². The van der Waals surface area contributed by atoms with Gasteiger partial charge in [0.1, 0.15) is 11.6 Å². The summed E-state index contributed by atoms with van der Waals surface area (Å²) in [5.74, 6) is -3.18. The summed E-state index contributed by atoms with van der Waals surface area (Å²) in [4.78, 5) is 40.9. The molecule has 0 aromatic heterocycles. The third-order valence-electron chi connectivity index (χ3n) is 4.51. The minimum Gasteiger partial charge on any atom is -0.494 e. The van der Waals surface area contributed by atoms with Gasteiger partial charge >= 0.3 is 17.8 Å². The summed E-state index contributed by atoms with van der Waals surface area (Å²) in [5.41, 5.74) is 1.28. The minimum absolute atomic E-state index is 0.0159. The van der Waals surface area contributed by atoms with E-state index in [2.05, 4.69) is 4.84 Å². The topological polar surface area (TPSA) is 90.9 Å². The minimum atomic E-state index is -1.79. The van der Waals surface area contributed by atoms with Gasteiger partial charge in [-0.15, -0.1) is 0 Å². The van der Waals surface area contributed by atoms with E-state index in [0.717, 1.165) is 12.0 Å². The molecule has 1 saturated heterocycles. The predicted octanol–water partition coefficient (Wildman–Crippen LogP) is 2.57. The lowest BCUT2D eigenvalue weighted by Crippen LogP contribution is -2.45. The zero-order chi connectivity index (χ0) is 20.9. The summed E-state index contributed by atoms with van der Waals surface area (Å²) in [6.07, 6.45) is 1.13. The van der Waals surface area contributed by atoms with Crippen molar-refractivity contribution in [2.75, 3.05) is 6.61 Å². The molecule has 1 amide bonds. The lowest BCUT2D eigenvalue weighted by molar-refractivity contribution is -0.174. The second kappa shape index (κ2) is 8.72. The van der Waals surface area contributed by atoms with Crippen LogP contribution in [0.15, 0.2) is 48.5 Å². The van der Waals surface area contributed by atoms with Gasteiger partial charge in [-0.25, -0.2) is 14.0 Å². The highest BCUT2D eigenvalue weighted by Crippen LogP contribution is 2.34. The van der Waals surface area contributed by atoms with E-state index in [0.29, 0.717) is 17.9 Å². The average molecular weight is 401 g/mol. The second-order valence-electron chi connectivity index (χ2n) is 6.54. The Labute approximate surface area is 166 Å². The normalized spacial score (nSPS) is 19.0. The number of halogens is 1. The Morgan fingerprint density at radius 3 is 2.34 bits per heavy atom. The van der Waals surface area contributed by atoms with E-state index in [1.807, 2.05) is 12.4 Å². The number of carbonyl (C=O) groups excluding carboxylic acids is 3. The molecule has 0 bridgehead atoms. The molecular weight excluding hydrogens is 381 g/mol. The van der Waals surface area contributed by atoms with Crippen molar-refractivity contribution in [3.05, 3.63) is 65.5 Å². The van der Waals surface area contributed by atoms with Crippen molar-refractivity contribution in [2.45, 2.75) is 31.8 Å². The molecule has 1 aliphatic heterocycles. The average Bonchev–Trinajstić information content (AvgIpc) is 2.84. The molecule has 29 heavy (non-hydrogen) atoms. The molecule has 152 valence electrons. The van der Waals surface area contributed by atoms with Crippen molar-refractivity contribution in [3.63, 3.8) is 0 Å². The molecule has 2 aromatic carbocycles. The molecule has 2 aromatic rings. The number of hydrogen-bond donors (Lipinski definition) is 1. The molecule has 1 atom stereocenters. The molecule has 1 N–H and O–H groups in total. The molecule has 0 radical (unpaired) electrons. The summed E-state index contributed by atoms with van der Waals surface area (Å²) in [6.45, 7) is 2.51. The van der Waals surface area contributed by atoms with Gasteiger partial charge in [-0.1, -0.05) is 31.2 Å². The molecule has 7 nitrogen and oxygen atoms in total. The molecule has 1 fully saturated rings. The molecular formula is C21H20FNO6. The van der Waals surface area contributed by atoms with Gasteiger partial charge in [-0.05, 0) is 42.7 Å². The number of aryl methyl sites for hydroxylation is 1. The number of amides is 1. The summed E-state index contributed by atoms with van der Waals surface area (Å²) in [6, 6.07) is 12.2. The summed E-state index contributed by atoms with van der Waals surface area (Å²) in [7, 11) is 0. The maximum Gasteiger partial charge on any atom is 0.441 e. The maximum atomic E-state index is 13.2. The second-order valence-corrected chi connectivity index (χ2v) is 6.54. The fraction of sp³-hybridized carbons (Fsp3) is 0.286. The van der Waals surface area contributed by atoms with Gasteiger partial charge in [0, 0.05) is 12.0 Å². The Balaban J connectivity index is 1.93. The number of ether oxygens (including phenoxy) is 2. The van der Waals surface area contributed by atoms with E-state index < -0.39 is 23.4 Å². The van der Waals surface area contributed by atoms with Crippen molar-refractivity contribution in [2.24, 2.45) is 0 Å². The van der Waals surface area contributed by atoms with Gasteiger partial charge in [0.2, 0.25) is 5.60 Å². The molecule has 1 unspecified atom stereocenters. The largest absolute Gasteiger partial charge is 0.494 e. The van der Waals surface area contributed by atoms with Crippen LogP contribution in [0.4, 0.5) is 4.39 Å². The fourth-order valence-corrected chi connectivity index (χ4v) is 2.97. The Bertz CT molecular complexity index is 896. The van der Waals surface area contributed by atoms with Gasteiger partial charge in [0.25, 0.3) is 0 Å². The molecule has 8 heteroatoms. The van der Waals surface area contributed by atoms with Gasteiger partial charge < -0.3 is 14.3 Å². The first-order valence-corrected chi connectivity index (χ1v) is 9.17. The maximum absolute atomic E-state index is 13.2.